The highest BCUT2D eigenvalue weighted by atomic mass is 32.2. The zero-order valence-electron chi connectivity index (χ0n) is 14.8. The molecule has 8 heteroatoms. The van der Waals surface area contributed by atoms with Gasteiger partial charge in [0.05, 0.1) is 24.9 Å². The molecule has 1 aromatic carbocycles. The molecule has 0 aromatic heterocycles. The molecular formula is C17H26N2O5S. The lowest BCUT2D eigenvalue weighted by molar-refractivity contribution is -0.155. The van der Waals surface area contributed by atoms with Crippen LogP contribution in [0.4, 0.5) is 0 Å². The van der Waals surface area contributed by atoms with Crippen LogP contribution in [-0.2, 0) is 19.6 Å². The Kier molecular flexibility index (Phi) is 6.56. The zero-order valence-corrected chi connectivity index (χ0v) is 15.6. The number of hydrogen-bond donors (Lipinski definition) is 1. The minimum Gasteiger partial charge on any atom is -0.394 e. The van der Waals surface area contributed by atoms with E-state index in [1.165, 1.54) is 11.4 Å². The van der Waals surface area contributed by atoms with Crippen molar-refractivity contribution in [1.82, 2.24) is 9.21 Å². The number of aliphatic hydroxyl groups excluding tert-OH is 1. The molecule has 1 heterocycles. The fraction of sp³-hybridized carbons (Fsp3) is 0.588. The molecular weight excluding hydrogens is 344 g/mol. The number of likely N-dealkylation sites (tertiary alicyclic amines) is 1. The van der Waals surface area contributed by atoms with Gasteiger partial charge in [-0.25, -0.2) is 12.7 Å². The van der Waals surface area contributed by atoms with Crippen molar-refractivity contribution < 1.29 is 23.1 Å². The van der Waals surface area contributed by atoms with Crippen LogP contribution in [0.1, 0.15) is 18.4 Å². The number of benzene rings is 1. The Hall–Kier alpha value is -1.48. The van der Waals surface area contributed by atoms with E-state index in [4.69, 9.17) is 4.74 Å². The molecule has 3 atom stereocenters. The van der Waals surface area contributed by atoms with Crippen molar-refractivity contribution in [3.8, 4) is 0 Å². The average molecular weight is 370 g/mol. The Bertz CT molecular complexity index is 680. The van der Waals surface area contributed by atoms with E-state index in [0.29, 0.717) is 6.54 Å². The lowest BCUT2D eigenvalue weighted by atomic mass is 9.75. The number of carbonyl (C=O) groups is 1. The number of sulfonamides is 1. The molecule has 7 nitrogen and oxygen atoms in total. The average Bonchev–Trinajstić information content (AvgIpc) is 2.54. The van der Waals surface area contributed by atoms with Gasteiger partial charge in [-0.3, -0.25) is 4.79 Å². The Labute approximate surface area is 149 Å². The monoisotopic (exact) mass is 370 g/mol. The predicted octanol–water partition coefficient (Wildman–Crippen LogP) is 0.270. The van der Waals surface area contributed by atoms with Gasteiger partial charge >= 0.3 is 0 Å². The molecule has 140 valence electrons. The molecule has 1 amide bonds. The molecule has 0 unspecified atom stereocenters. The summed E-state index contributed by atoms with van der Waals surface area (Å²) in [5.74, 6) is -0.369. The van der Waals surface area contributed by atoms with Crippen LogP contribution in [0, 0.1) is 0 Å². The second kappa shape index (κ2) is 8.27. The maximum Gasteiger partial charge on any atom is 0.249 e. The van der Waals surface area contributed by atoms with Gasteiger partial charge < -0.3 is 14.7 Å². The molecule has 1 aliphatic heterocycles. The van der Waals surface area contributed by atoms with Crippen LogP contribution < -0.4 is 0 Å². The highest BCUT2D eigenvalue weighted by Crippen LogP contribution is 2.41. The molecule has 0 bridgehead atoms. The van der Waals surface area contributed by atoms with Crippen molar-refractivity contribution in [2.45, 2.75) is 24.9 Å². The Morgan fingerprint density at radius 2 is 1.92 bits per heavy atom. The van der Waals surface area contributed by atoms with E-state index in [1.807, 2.05) is 30.3 Å². The minimum atomic E-state index is -3.38. The summed E-state index contributed by atoms with van der Waals surface area (Å²) in [5, 5.41) is 9.81. The van der Waals surface area contributed by atoms with Crippen LogP contribution in [0.15, 0.2) is 30.3 Å². The van der Waals surface area contributed by atoms with E-state index in [1.54, 1.807) is 11.8 Å². The van der Waals surface area contributed by atoms with Crippen molar-refractivity contribution in [1.29, 1.82) is 0 Å². The highest BCUT2D eigenvalue weighted by Gasteiger charge is 2.51. The molecule has 0 radical (unpaired) electrons. The Balaban J connectivity index is 2.34. The summed E-state index contributed by atoms with van der Waals surface area (Å²) in [4.78, 5) is 14.0. The van der Waals surface area contributed by atoms with Crippen molar-refractivity contribution in [3.63, 3.8) is 0 Å². The molecule has 1 aromatic rings. The number of aliphatic hydroxyl groups is 1. The van der Waals surface area contributed by atoms with Gasteiger partial charge in [0.25, 0.3) is 0 Å². The summed E-state index contributed by atoms with van der Waals surface area (Å²) < 4.78 is 30.3. The molecule has 2 rings (SSSR count). The van der Waals surface area contributed by atoms with Gasteiger partial charge in [-0.05, 0) is 5.56 Å². The number of hydrogen-bond acceptors (Lipinski definition) is 5. The van der Waals surface area contributed by atoms with Crippen LogP contribution in [-0.4, -0.2) is 80.4 Å². The molecule has 25 heavy (non-hydrogen) atoms. The van der Waals surface area contributed by atoms with Crippen LogP contribution in [0.2, 0.25) is 0 Å². The van der Waals surface area contributed by atoms with Crippen molar-refractivity contribution in [2.24, 2.45) is 0 Å². The SMILES string of the molecule is CCN(C[C@H]1[C@@H](c2ccccc2)[C@@H](CO)N1C(=O)COC)S(C)(=O)=O. The number of likely N-dealkylation sites (N-methyl/N-ethyl adjacent to an activating group) is 1. The predicted molar refractivity (Wildman–Crippen MR) is 94.7 cm³/mol. The highest BCUT2D eigenvalue weighted by molar-refractivity contribution is 7.88. The molecule has 1 fully saturated rings. The molecule has 1 N–H and O–H groups in total. The first-order valence-corrected chi connectivity index (χ1v) is 10.1. The Morgan fingerprint density at radius 1 is 1.28 bits per heavy atom. The number of rotatable bonds is 8. The van der Waals surface area contributed by atoms with Gasteiger partial charge in [0.1, 0.15) is 6.61 Å². The molecule has 1 aliphatic rings. The quantitative estimate of drug-likeness (QED) is 0.710. The van der Waals surface area contributed by atoms with E-state index < -0.39 is 10.0 Å². The summed E-state index contributed by atoms with van der Waals surface area (Å²) in [7, 11) is -1.94. The minimum absolute atomic E-state index is 0.0977. The van der Waals surface area contributed by atoms with E-state index in [-0.39, 0.29) is 43.7 Å². The summed E-state index contributed by atoms with van der Waals surface area (Å²) in [6.07, 6.45) is 1.16. The first-order chi connectivity index (χ1) is 11.8. The van der Waals surface area contributed by atoms with Gasteiger partial charge in [-0.2, -0.15) is 0 Å². The smallest absolute Gasteiger partial charge is 0.249 e. The molecule has 1 saturated heterocycles. The first-order valence-electron chi connectivity index (χ1n) is 8.26. The zero-order chi connectivity index (χ0) is 18.6. The maximum absolute atomic E-state index is 12.4. The largest absolute Gasteiger partial charge is 0.394 e. The number of nitrogens with zero attached hydrogens (tertiary/aromatic N) is 2. The summed E-state index contributed by atoms with van der Waals surface area (Å²) in [6.45, 7) is 2.01. The fourth-order valence-electron chi connectivity index (χ4n) is 3.55. The third-order valence-corrected chi connectivity index (χ3v) is 6.03. The lowest BCUT2D eigenvalue weighted by Gasteiger charge is -2.55. The molecule has 0 saturated carbocycles. The third kappa shape index (κ3) is 4.20. The van der Waals surface area contributed by atoms with Gasteiger partial charge in [0.15, 0.2) is 0 Å². The molecule has 0 spiro atoms. The topological polar surface area (TPSA) is 87.2 Å². The lowest BCUT2D eigenvalue weighted by Crippen LogP contribution is -2.69. The van der Waals surface area contributed by atoms with E-state index >= 15 is 0 Å². The normalized spacial score (nSPS) is 23.6. The summed E-state index contributed by atoms with van der Waals surface area (Å²) in [6, 6.07) is 8.85. The number of carbonyl (C=O) groups excluding carboxylic acids is 1. The van der Waals surface area contributed by atoms with Gasteiger partial charge in [0, 0.05) is 26.1 Å². The van der Waals surface area contributed by atoms with Crippen molar-refractivity contribution in [3.05, 3.63) is 35.9 Å². The molecule has 0 aliphatic carbocycles. The number of ether oxygens (including phenoxy) is 1. The van der Waals surface area contributed by atoms with Crippen LogP contribution in [0.5, 0.6) is 0 Å². The second-order valence-corrected chi connectivity index (χ2v) is 8.18. The van der Waals surface area contributed by atoms with E-state index in [9.17, 15) is 18.3 Å². The third-order valence-electron chi connectivity index (χ3n) is 4.68. The fourth-order valence-corrected chi connectivity index (χ4v) is 4.44. The van der Waals surface area contributed by atoms with E-state index in [0.717, 1.165) is 11.8 Å². The maximum atomic E-state index is 12.4. The first kappa shape index (κ1) is 19.8. The van der Waals surface area contributed by atoms with Gasteiger partial charge in [-0.1, -0.05) is 37.3 Å². The van der Waals surface area contributed by atoms with Crippen LogP contribution >= 0.6 is 0 Å². The number of methoxy groups -OCH3 is 1. The van der Waals surface area contributed by atoms with Gasteiger partial charge in [-0.15, -0.1) is 0 Å². The Morgan fingerprint density at radius 3 is 2.40 bits per heavy atom. The number of amides is 1. The van der Waals surface area contributed by atoms with E-state index in [2.05, 4.69) is 0 Å². The van der Waals surface area contributed by atoms with Crippen LogP contribution in [0.3, 0.4) is 0 Å². The van der Waals surface area contributed by atoms with Crippen LogP contribution in [0.25, 0.3) is 0 Å². The summed E-state index contributed by atoms with van der Waals surface area (Å²) in [5.41, 5.74) is 0.984. The second-order valence-electron chi connectivity index (χ2n) is 6.20. The van der Waals surface area contributed by atoms with Crippen molar-refractivity contribution in [2.75, 3.05) is 39.7 Å². The van der Waals surface area contributed by atoms with Gasteiger partial charge in [0.2, 0.25) is 15.9 Å². The van der Waals surface area contributed by atoms with Crippen molar-refractivity contribution >= 4 is 15.9 Å². The summed E-state index contributed by atoms with van der Waals surface area (Å²) >= 11 is 0. The standard InChI is InChI=1S/C17H26N2O5S/c1-4-18(25(3,22)23)10-14-17(13-8-6-5-7-9-13)15(11-20)19(14)16(21)12-24-2/h5-9,14-15,17,20H,4,10-12H2,1-3H3/t14-,15+,17+/m0/s1.